The highest BCUT2D eigenvalue weighted by molar-refractivity contribution is 7.92. The third-order valence-corrected chi connectivity index (χ3v) is 19.2. The maximum Gasteiger partial charge on any atom is 0.261 e. The van der Waals surface area contributed by atoms with E-state index >= 15 is 0 Å². The minimum Gasteiger partial charge on any atom is -0.274 e. The summed E-state index contributed by atoms with van der Waals surface area (Å²) in [5.41, 5.74) is 2.99. The molecule has 0 aromatic heterocycles. The molecule has 4 aliphatic rings. The van der Waals surface area contributed by atoms with Crippen LogP contribution in [0.5, 0.6) is 0 Å². The van der Waals surface area contributed by atoms with Gasteiger partial charge in [0.1, 0.15) is 0 Å². The quantitative estimate of drug-likeness (QED) is 0.0362. The number of carbonyl (C=O) groups excluding carboxylic acids is 4. The first-order valence-electron chi connectivity index (χ1n) is 27.9. The molecule has 4 amide bonds. The zero-order chi connectivity index (χ0) is 56.0. The van der Waals surface area contributed by atoms with Crippen LogP contribution in [0.25, 0.3) is 53.5 Å². The van der Waals surface area contributed by atoms with Crippen LogP contribution in [0, 0.1) is 35.8 Å². The van der Waals surface area contributed by atoms with Crippen LogP contribution in [0.1, 0.15) is 195 Å². The van der Waals surface area contributed by atoms with Gasteiger partial charge in [-0.2, -0.15) is 10.5 Å². The topological polar surface area (TPSA) is 182 Å². The second-order valence-electron chi connectivity index (χ2n) is 20.8. The van der Waals surface area contributed by atoms with Crippen molar-refractivity contribution in [3.63, 3.8) is 0 Å². The molecule has 4 heterocycles. The largest absolute Gasteiger partial charge is 0.274 e. The molecule has 0 N–H and O–H groups in total. The van der Waals surface area contributed by atoms with Crippen LogP contribution in [0.4, 0.5) is 11.4 Å². The summed E-state index contributed by atoms with van der Waals surface area (Å²) in [5, 5.41) is 21.3. The number of hydrogen-bond acceptors (Lipinski definition) is 9. The van der Waals surface area contributed by atoms with Gasteiger partial charge in [-0.25, -0.2) is 18.1 Å². The Kier molecular flexibility index (Phi) is 17.3. The van der Waals surface area contributed by atoms with Crippen molar-refractivity contribution < 1.29 is 31.8 Å². The molecule has 0 saturated heterocycles. The molecule has 402 valence electrons. The van der Waals surface area contributed by atoms with Crippen LogP contribution < -0.4 is 0 Å². The minimum absolute atomic E-state index is 0.00278. The van der Waals surface area contributed by atoms with E-state index in [2.05, 4.69) is 35.7 Å². The summed E-state index contributed by atoms with van der Waals surface area (Å²) in [7, 11) is -5.82. The lowest BCUT2D eigenvalue weighted by Crippen LogP contribution is -2.41. The fraction of sp³-hybridized carbons (Fsp3) is 0.375. The van der Waals surface area contributed by atoms with E-state index in [9.17, 15) is 42.3 Å². The van der Waals surface area contributed by atoms with E-state index in [0.29, 0.717) is 57.3 Å². The van der Waals surface area contributed by atoms with Gasteiger partial charge in [-0.1, -0.05) is 166 Å². The summed E-state index contributed by atoms with van der Waals surface area (Å²) < 4.78 is 41.1. The number of amides is 4. The molecule has 0 spiro atoms. The lowest BCUT2D eigenvalue weighted by Gasteiger charge is -2.31. The fourth-order valence-electron chi connectivity index (χ4n) is 11.9. The standard InChI is InChI=1S/C32H31N3O4S.C32H31N3O3S/c1-3-4-5-6-7-8-9-10-11-14-17-35-31(36)23-18-21(20-33)27-22-15-12-13-16-26(22)40(38,39)30-25(34-2)19-24(32(35)37)28(23)29(27)30;1-3-4-5-6-7-8-9-10-11-14-17-35-31(36)23-18-21(20-33)27-22-15-12-13-16-26(22)39(38)30-25(34-2)19-24(32(35)37)28(23)29(27)30/h12-13,15-16,18-19H,3-11,14,17H2,1H3;12-13,15-16,18-19H,3-11,14,17H2,1H3. The Bertz CT molecular complexity index is 3770. The molecule has 1 unspecified atom stereocenters. The maximum atomic E-state index is 13.7. The number of carbonyl (C=O) groups is 4. The number of benzene rings is 6. The molecular weight excluding hydrogens is 1030 g/mol. The summed E-state index contributed by atoms with van der Waals surface area (Å²) in [5.74, 6) is -1.93. The van der Waals surface area contributed by atoms with Gasteiger partial charge in [0.25, 0.3) is 23.6 Å². The lowest BCUT2D eigenvalue weighted by atomic mass is 9.85. The summed E-state index contributed by atoms with van der Waals surface area (Å²) in [6.07, 6.45) is 22.7. The van der Waals surface area contributed by atoms with Crippen LogP contribution in [0.2, 0.25) is 0 Å². The van der Waals surface area contributed by atoms with Crippen LogP contribution in [0.3, 0.4) is 0 Å². The highest BCUT2D eigenvalue weighted by Gasteiger charge is 2.43. The number of imide groups is 2. The molecule has 6 aromatic carbocycles. The number of sulfone groups is 1. The van der Waals surface area contributed by atoms with Crippen molar-refractivity contribution in [1.29, 1.82) is 10.5 Å². The third kappa shape index (κ3) is 10.3. The van der Waals surface area contributed by atoms with E-state index < -0.39 is 44.3 Å². The second-order valence-corrected chi connectivity index (χ2v) is 24.1. The molecule has 0 saturated carbocycles. The van der Waals surface area contributed by atoms with Crippen LogP contribution in [0.15, 0.2) is 92.4 Å². The fourth-order valence-corrected chi connectivity index (χ4v) is 15.1. The van der Waals surface area contributed by atoms with Gasteiger partial charge in [0.15, 0.2) is 9.84 Å². The van der Waals surface area contributed by atoms with Gasteiger partial charge in [0.05, 0.1) is 66.8 Å². The van der Waals surface area contributed by atoms with Crippen molar-refractivity contribution in [2.75, 3.05) is 13.1 Å². The SMILES string of the molecule is [C-]#[N+]c1cc2c3c(cc(C#N)c4c3c1S(=O)(=O)c1ccccc1-4)C(=O)N(CCCCCCCCCCCC)C2=O.[C-]#[N+]c1cc2c3c(cc(C#N)c4c3c1S(=O)c1ccccc1-4)C(=O)N(CCCCCCCCCCCC)C2=O. The van der Waals surface area contributed by atoms with Gasteiger partial charge in [-0.15, -0.1) is 0 Å². The molecule has 6 aromatic rings. The third-order valence-electron chi connectivity index (χ3n) is 15.8. The number of nitrogens with zero attached hydrogens (tertiary/aromatic N) is 6. The molecule has 0 aliphatic carbocycles. The molecule has 0 radical (unpaired) electrons. The average molecular weight is 1090 g/mol. The zero-order valence-corrected chi connectivity index (χ0v) is 46.5. The highest BCUT2D eigenvalue weighted by atomic mass is 32.2. The number of fused-ring (bicyclic) bond motifs is 4. The van der Waals surface area contributed by atoms with Gasteiger partial charge in [-0.05, 0) is 54.6 Å². The van der Waals surface area contributed by atoms with Gasteiger partial charge in [0, 0.05) is 73.8 Å². The van der Waals surface area contributed by atoms with E-state index in [4.69, 9.17) is 13.1 Å². The van der Waals surface area contributed by atoms with Gasteiger partial charge in [0.2, 0.25) is 11.4 Å². The highest BCUT2D eigenvalue weighted by Crippen LogP contribution is 2.53. The van der Waals surface area contributed by atoms with Crippen LogP contribution >= 0.6 is 0 Å². The number of hydrogen-bond donors (Lipinski definition) is 0. The van der Waals surface area contributed by atoms with E-state index in [1.807, 2.05) is 0 Å². The molecule has 79 heavy (non-hydrogen) atoms. The number of rotatable bonds is 22. The van der Waals surface area contributed by atoms with E-state index in [-0.39, 0.29) is 76.8 Å². The molecule has 10 rings (SSSR count). The zero-order valence-electron chi connectivity index (χ0n) is 44.8. The summed E-state index contributed by atoms with van der Waals surface area (Å²) in [6, 6.07) is 23.6. The lowest BCUT2D eigenvalue weighted by molar-refractivity contribution is 0.0592. The smallest absolute Gasteiger partial charge is 0.261 e. The van der Waals surface area contributed by atoms with Gasteiger partial charge < -0.3 is 0 Å². The normalized spacial score (nSPS) is 14.9. The van der Waals surface area contributed by atoms with Crippen LogP contribution in [-0.4, -0.2) is 59.1 Å². The minimum atomic E-state index is -4.13. The number of unbranched alkanes of at least 4 members (excludes halogenated alkanes) is 18. The first-order chi connectivity index (χ1) is 38.4. The monoisotopic (exact) mass is 1090 g/mol. The molecule has 13 nitrogen and oxygen atoms in total. The molecule has 0 bridgehead atoms. The molecule has 15 heteroatoms. The van der Waals surface area contributed by atoms with Crippen molar-refractivity contribution in [3.8, 4) is 34.4 Å². The average Bonchev–Trinajstić information content (AvgIpc) is 2.80. The summed E-state index contributed by atoms with van der Waals surface area (Å²) in [6.45, 7) is 20.5. The number of nitriles is 2. The van der Waals surface area contributed by atoms with E-state index in [1.165, 1.54) is 111 Å². The predicted molar refractivity (Wildman–Crippen MR) is 305 cm³/mol. The predicted octanol–water partition coefficient (Wildman–Crippen LogP) is 15.5. The van der Waals surface area contributed by atoms with E-state index in [0.717, 1.165) is 38.5 Å². The molecular formula is C64H62N6O7S2. The Hall–Kier alpha value is -7.82. The van der Waals surface area contributed by atoms with Crippen molar-refractivity contribution in [2.45, 2.75) is 162 Å². The summed E-state index contributed by atoms with van der Waals surface area (Å²) >= 11 is 0. The first-order valence-corrected chi connectivity index (χ1v) is 30.5. The molecule has 1 atom stereocenters. The van der Waals surface area contributed by atoms with Crippen molar-refractivity contribution in [1.82, 2.24) is 9.80 Å². The molecule has 4 aliphatic heterocycles. The van der Waals surface area contributed by atoms with Crippen molar-refractivity contribution >= 4 is 77.2 Å². The van der Waals surface area contributed by atoms with Gasteiger partial charge >= 0.3 is 0 Å². The second kappa shape index (κ2) is 24.5. The van der Waals surface area contributed by atoms with Crippen LogP contribution in [-0.2, 0) is 20.6 Å². The Labute approximate surface area is 465 Å². The van der Waals surface area contributed by atoms with Crippen molar-refractivity contribution in [3.05, 3.63) is 129 Å². The Balaban J connectivity index is 0.000000192. The van der Waals surface area contributed by atoms with Gasteiger partial charge in [-0.3, -0.25) is 33.2 Å². The first kappa shape index (κ1) is 55.9. The Morgan fingerprint density at radius 1 is 0.494 bits per heavy atom. The molecule has 0 fully saturated rings. The summed E-state index contributed by atoms with van der Waals surface area (Å²) in [4.78, 5) is 64.7. The Morgan fingerprint density at radius 3 is 1.35 bits per heavy atom. The van der Waals surface area contributed by atoms with Crippen molar-refractivity contribution in [2.24, 2.45) is 0 Å². The maximum absolute atomic E-state index is 13.7. The van der Waals surface area contributed by atoms with E-state index in [1.54, 1.807) is 48.5 Å². The Morgan fingerprint density at radius 2 is 0.886 bits per heavy atom.